The number of benzene rings is 2. The largest absolute Gasteiger partial charge is 0.319 e. The van der Waals surface area contributed by atoms with E-state index in [0.717, 1.165) is 4.90 Å². The summed E-state index contributed by atoms with van der Waals surface area (Å²) in [6, 6.07) is 9.97. The Balaban J connectivity index is 1.91. The van der Waals surface area contributed by atoms with Gasteiger partial charge in [0.15, 0.2) is 0 Å². The van der Waals surface area contributed by atoms with Gasteiger partial charge in [-0.15, -0.1) is 0 Å². The summed E-state index contributed by atoms with van der Waals surface area (Å²) in [5.74, 6) is -1.97. The summed E-state index contributed by atoms with van der Waals surface area (Å²) in [4.78, 5) is 36.8. The highest BCUT2D eigenvalue weighted by Gasteiger charge is 2.33. The molecule has 5 nitrogen and oxygen atoms in total. The number of anilines is 1. The summed E-state index contributed by atoms with van der Waals surface area (Å²) >= 11 is 0. The van der Waals surface area contributed by atoms with Crippen LogP contribution in [-0.4, -0.2) is 29.7 Å². The summed E-state index contributed by atoms with van der Waals surface area (Å²) < 4.78 is 13.5. The molecule has 0 saturated carbocycles. The van der Waals surface area contributed by atoms with Gasteiger partial charge in [0.2, 0.25) is 0 Å². The zero-order valence-electron chi connectivity index (χ0n) is 11.6. The second-order valence-corrected chi connectivity index (χ2v) is 4.86. The molecule has 0 bridgehead atoms. The Bertz CT molecular complexity index is 817. The van der Waals surface area contributed by atoms with Crippen LogP contribution in [0.25, 0.3) is 0 Å². The Morgan fingerprint density at radius 2 is 1.73 bits per heavy atom. The molecule has 0 saturated heterocycles. The average Bonchev–Trinajstić information content (AvgIpc) is 2.74. The van der Waals surface area contributed by atoms with Crippen LogP contribution in [0, 0.1) is 5.82 Å². The number of halogens is 1. The number of hydrogen-bond donors (Lipinski definition) is 1. The van der Waals surface area contributed by atoms with Crippen LogP contribution >= 0.6 is 0 Å². The molecule has 1 aliphatic rings. The number of imide groups is 1. The molecule has 1 heterocycles. The smallest absolute Gasteiger partial charge is 0.261 e. The SMILES string of the molecule is CN1C(=O)c2ccc(C(=O)Nc3ccccc3F)cc2C1=O. The number of para-hydroxylation sites is 1. The fourth-order valence-electron chi connectivity index (χ4n) is 2.26. The zero-order valence-corrected chi connectivity index (χ0v) is 11.6. The van der Waals surface area contributed by atoms with Crippen molar-refractivity contribution >= 4 is 23.4 Å². The zero-order chi connectivity index (χ0) is 15.9. The predicted molar refractivity (Wildman–Crippen MR) is 77.2 cm³/mol. The minimum Gasteiger partial charge on any atom is -0.319 e. The predicted octanol–water partition coefficient (Wildman–Crippen LogP) is 2.30. The molecule has 0 aromatic heterocycles. The van der Waals surface area contributed by atoms with Gasteiger partial charge < -0.3 is 5.32 Å². The van der Waals surface area contributed by atoms with Gasteiger partial charge in [-0.3, -0.25) is 19.3 Å². The van der Waals surface area contributed by atoms with Crippen molar-refractivity contribution in [3.05, 3.63) is 65.0 Å². The van der Waals surface area contributed by atoms with Crippen molar-refractivity contribution in [1.82, 2.24) is 4.90 Å². The normalized spacial score (nSPS) is 13.3. The van der Waals surface area contributed by atoms with Crippen LogP contribution in [-0.2, 0) is 0 Å². The summed E-state index contributed by atoms with van der Waals surface area (Å²) in [7, 11) is 1.38. The summed E-state index contributed by atoms with van der Waals surface area (Å²) in [6.07, 6.45) is 0. The molecule has 6 heteroatoms. The van der Waals surface area contributed by atoms with E-state index in [1.807, 2.05) is 0 Å². The van der Waals surface area contributed by atoms with Crippen LogP contribution in [0.5, 0.6) is 0 Å². The van der Waals surface area contributed by atoms with Crippen LogP contribution in [0.4, 0.5) is 10.1 Å². The van der Waals surface area contributed by atoms with Crippen LogP contribution in [0.2, 0.25) is 0 Å². The van der Waals surface area contributed by atoms with E-state index in [1.165, 1.54) is 43.4 Å². The Hall–Kier alpha value is -3.02. The van der Waals surface area contributed by atoms with Crippen molar-refractivity contribution in [2.75, 3.05) is 12.4 Å². The van der Waals surface area contributed by atoms with Crippen molar-refractivity contribution in [3.8, 4) is 0 Å². The van der Waals surface area contributed by atoms with Crippen molar-refractivity contribution in [2.24, 2.45) is 0 Å². The van der Waals surface area contributed by atoms with Gasteiger partial charge in [0.25, 0.3) is 17.7 Å². The highest BCUT2D eigenvalue weighted by Crippen LogP contribution is 2.23. The molecule has 0 fully saturated rings. The lowest BCUT2D eigenvalue weighted by Crippen LogP contribution is -2.24. The molecule has 1 aliphatic heterocycles. The molecule has 3 rings (SSSR count). The van der Waals surface area contributed by atoms with Crippen LogP contribution in [0.1, 0.15) is 31.1 Å². The van der Waals surface area contributed by atoms with E-state index in [9.17, 15) is 18.8 Å². The third kappa shape index (κ3) is 2.14. The lowest BCUT2D eigenvalue weighted by Gasteiger charge is -2.06. The molecule has 110 valence electrons. The molecule has 3 amide bonds. The van der Waals surface area contributed by atoms with E-state index >= 15 is 0 Å². The molecule has 1 N–H and O–H groups in total. The highest BCUT2D eigenvalue weighted by atomic mass is 19.1. The molecule has 2 aromatic rings. The lowest BCUT2D eigenvalue weighted by atomic mass is 10.1. The van der Waals surface area contributed by atoms with Gasteiger partial charge in [-0.05, 0) is 30.3 Å². The first-order valence-corrected chi connectivity index (χ1v) is 6.51. The lowest BCUT2D eigenvalue weighted by molar-refractivity contribution is 0.0693. The van der Waals surface area contributed by atoms with Crippen molar-refractivity contribution in [1.29, 1.82) is 0 Å². The number of carbonyl (C=O) groups excluding carboxylic acids is 3. The molecular formula is C16H11FN2O3. The number of carbonyl (C=O) groups is 3. The van der Waals surface area contributed by atoms with E-state index in [-0.39, 0.29) is 22.4 Å². The summed E-state index contributed by atoms with van der Waals surface area (Å²) in [6.45, 7) is 0. The quantitative estimate of drug-likeness (QED) is 0.865. The van der Waals surface area contributed by atoms with Crippen molar-refractivity contribution < 1.29 is 18.8 Å². The standard InChI is InChI=1S/C16H11FN2O3/c1-19-15(21)10-7-6-9(8-11(10)16(19)22)14(20)18-13-5-3-2-4-12(13)17/h2-8H,1H3,(H,18,20). The average molecular weight is 298 g/mol. The van der Waals surface area contributed by atoms with Gasteiger partial charge in [0.05, 0.1) is 16.8 Å². The highest BCUT2D eigenvalue weighted by molar-refractivity contribution is 6.22. The van der Waals surface area contributed by atoms with Gasteiger partial charge >= 0.3 is 0 Å². The van der Waals surface area contributed by atoms with Crippen LogP contribution in [0.3, 0.4) is 0 Å². The van der Waals surface area contributed by atoms with Gasteiger partial charge in [-0.2, -0.15) is 0 Å². The van der Waals surface area contributed by atoms with Crippen molar-refractivity contribution in [2.45, 2.75) is 0 Å². The molecule has 22 heavy (non-hydrogen) atoms. The first kappa shape index (κ1) is 13.9. The number of rotatable bonds is 2. The van der Waals surface area contributed by atoms with E-state index in [1.54, 1.807) is 6.07 Å². The first-order chi connectivity index (χ1) is 10.5. The Morgan fingerprint density at radius 1 is 1.05 bits per heavy atom. The fourth-order valence-corrected chi connectivity index (χ4v) is 2.26. The maximum Gasteiger partial charge on any atom is 0.261 e. The van der Waals surface area contributed by atoms with Crippen LogP contribution in [0.15, 0.2) is 42.5 Å². The van der Waals surface area contributed by atoms with Gasteiger partial charge in [-0.25, -0.2) is 4.39 Å². The Morgan fingerprint density at radius 3 is 2.45 bits per heavy atom. The van der Waals surface area contributed by atoms with Crippen molar-refractivity contribution in [3.63, 3.8) is 0 Å². The third-order valence-corrected chi connectivity index (χ3v) is 3.47. The van der Waals surface area contributed by atoms with E-state index < -0.39 is 23.5 Å². The topological polar surface area (TPSA) is 66.5 Å². The second kappa shape index (κ2) is 5.07. The van der Waals surface area contributed by atoms with Gasteiger partial charge in [0.1, 0.15) is 5.82 Å². The van der Waals surface area contributed by atoms with E-state index in [2.05, 4.69) is 5.32 Å². The molecule has 0 spiro atoms. The maximum atomic E-state index is 13.5. The van der Waals surface area contributed by atoms with E-state index in [0.29, 0.717) is 0 Å². The number of nitrogens with one attached hydrogen (secondary N) is 1. The van der Waals surface area contributed by atoms with Gasteiger partial charge in [0, 0.05) is 12.6 Å². The molecule has 2 aromatic carbocycles. The number of hydrogen-bond acceptors (Lipinski definition) is 3. The third-order valence-electron chi connectivity index (χ3n) is 3.47. The van der Waals surface area contributed by atoms with E-state index in [4.69, 9.17) is 0 Å². The fraction of sp³-hybridized carbons (Fsp3) is 0.0625. The number of amides is 3. The van der Waals surface area contributed by atoms with Crippen LogP contribution < -0.4 is 5.32 Å². The summed E-state index contributed by atoms with van der Waals surface area (Å²) in [5, 5.41) is 2.43. The second-order valence-electron chi connectivity index (χ2n) is 4.86. The monoisotopic (exact) mass is 298 g/mol. The minimum atomic E-state index is -0.553. The number of fused-ring (bicyclic) bond motifs is 1. The Labute approximate surface area is 125 Å². The molecule has 0 atom stereocenters. The summed E-state index contributed by atoms with van der Waals surface area (Å²) in [5.41, 5.74) is 0.662. The molecule has 0 aliphatic carbocycles. The molecule has 0 unspecified atom stereocenters. The molecular weight excluding hydrogens is 287 g/mol. The maximum absolute atomic E-state index is 13.5. The minimum absolute atomic E-state index is 0.0486. The van der Waals surface area contributed by atoms with Gasteiger partial charge in [-0.1, -0.05) is 12.1 Å². The Kier molecular flexibility index (Phi) is 3.21. The number of nitrogens with zero attached hydrogens (tertiary/aromatic N) is 1. The first-order valence-electron chi connectivity index (χ1n) is 6.51. The molecule has 0 radical (unpaired) electrons.